The lowest BCUT2D eigenvalue weighted by Crippen LogP contribution is -2.01. The third-order valence-electron chi connectivity index (χ3n) is 3.75. The van der Waals surface area contributed by atoms with Gasteiger partial charge in [0.15, 0.2) is 0 Å². The van der Waals surface area contributed by atoms with Gasteiger partial charge < -0.3 is 9.88 Å². The molecule has 24 heavy (non-hydrogen) atoms. The van der Waals surface area contributed by atoms with Crippen molar-refractivity contribution in [2.75, 3.05) is 5.32 Å². The van der Waals surface area contributed by atoms with Crippen molar-refractivity contribution < 1.29 is 0 Å². The number of imidazole rings is 1. The summed E-state index contributed by atoms with van der Waals surface area (Å²) in [7, 11) is 0. The molecular weight excluding hydrogens is 324 g/mol. The van der Waals surface area contributed by atoms with Gasteiger partial charge in [-0.1, -0.05) is 23.7 Å². The smallest absolute Gasteiger partial charge is 0.246 e. The van der Waals surface area contributed by atoms with Crippen LogP contribution in [0.25, 0.3) is 11.0 Å². The van der Waals surface area contributed by atoms with Gasteiger partial charge in [-0.05, 0) is 36.4 Å². The molecule has 0 saturated heterocycles. The number of nitrogens with one attached hydrogen (secondary N) is 2. The van der Waals surface area contributed by atoms with Gasteiger partial charge in [0.25, 0.3) is 0 Å². The number of hydrogen-bond acceptors (Lipinski definition) is 4. The van der Waals surface area contributed by atoms with E-state index in [1.807, 2.05) is 48.8 Å². The van der Waals surface area contributed by atoms with Gasteiger partial charge in [-0.25, -0.2) is 4.98 Å². The van der Waals surface area contributed by atoms with Crippen LogP contribution in [0.3, 0.4) is 0 Å². The first kappa shape index (κ1) is 14.7. The third kappa shape index (κ3) is 3.09. The molecule has 0 aliphatic heterocycles. The summed E-state index contributed by atoms with van der Waals surface area (Å²) in [6.07, 6.45) is 2.60. The van der Waals surface area contributed by atoms with Crippen molar-refractivity contribution in [3.05, 3.63) is 65.7 Å². The Hall–Kier alpha value is -2.86. The predicted molar refractivity (Wildman–Crippen MR) is 94.6 cm³/mol. The Morgan fingerprint density at radius 1 is 1.08 bits per heavy atom. The van der Waals surface area contributed by atoms with Crippen LogP contribution in [0, 0.1) is 0 Å². The molecule has 2 aromatic heterocycles. The maximum atomic E-state index is 5.88. The van der Waals surface area contributed by atoms with Gasteiger partial charge in [0.05, 0.1) is 17.4 Å². The number of H-pyrrole nitrogens is 1. The molecule has 0 amide bonds. The summed E-state index contributed by atoms with van der Waals surface area (Å²) in [5, 5.41) is 11.0. The molecule has 0 spiro atoms. The van der Waals surface area contributed by atoms with Crippen molar-refractivity contribution in [2.24, 2.45) is 0 Å². The zero-order valence-corrected chi connectivity index (χ0v) is 13.5. The van der Waals surface area contributed by atoms with Gasteiger partial charge in [-0.3, -0.25) is 5.10 Å². The summed E-state index contributed by atoms with van der Waals surface area (Å²) in [6, 6.07) is 15.5. The summed E-state index contributed by atoms with van der Waals surface area (Å²) in [5.41, 5.74) is 3.02. The summed E-state index contributed by atoms with van der Waals surface area (Å²) < 4.78 is 2.12. The lowest BCUT2D eigenvalue weighted by Gasteiger charge is -2.02. The molecule has 120 valence electrons. The normalized spacial score (nSPS) is 11.0. The van der Waals surface area contributed by atoms with Gasteiger partial charge in [0.1, 0.15) is 5.82 Å². The van der Waals surface area contributed by atoms with Crippen LogP contribution in [-0.4, -0.2) is 24.7 Å². The molecular formula is C17H15ClN6. The zero-order chi connectivity index (χ0) is 16.4. The number of benzene rings is 2. The molecule has 7 heteroatoms. The number of rotatable bonds is 5. The van der Waals surface area contributed by atoms with Gasteiger partial charge >= 0.3 is 0 Å². The molecule has 0 bridgehead atoms. The van der Waals surface area contributed by atoms with Crippen LogP contribution < -0.4 is 5.32 Å². The predicted octanol–water partition coefficient (Wildman–Crippen LogP) is 3.79. The Balaban J connectivity index is 1.42. The quantitative estimate of drug-likeness (QED) is 0.580. The molecule has 6 nitrogen and oxygen atoms in total. The van der Waals surface area contributed by atoms with E-state index in [2.05, 4.69) is 36.1 Å². The van der Waals surface area contributed by atoms with Crippen molar-refractivity contribution in [1.29, 1.82) is 0 Å². The summed E-state index contributed by atoms with van der Waals surface area (Å²) in [6.45, 7) is 0.788. The lowest BCUT2D eigenvalue weighted by molar-refractivity contribution is 0.690. The second kappa shape index (κ2) is 6.33. The Labute approximate surface area is 143 Å². The van der Waals surface area contributed by atoms with Crippen molar-refractivity contribution >= 4 is 34.3 Å². The van der Waals surface area contributed by atoms with Crippen LogP contribution in [0.4, 0.5) is 11.6 Å². The van der Waals surface area contributed by atoms with E-state index < -0.39 is 0 Å². The number of hydrogen-bond donors (Lipinski definition) is 2. The summed E-state index contributed by atoms with van der Waals surface area (Å²) >= 11 is 5.88. The van der Waals surface area contributed by atoms with E-state index in [0.717, 1.165) is 35.5 Å². The highest BCUT2D eigenvalue weighted by molar-refractivity contribution is 6.30. The molecule has 4 aromatic rings. The van der Waals surface area contributed by atoms with E-state index >= 15 is 0 Å². The van der Waals surface area contributed by atoms with Crippen LogP contribution >= 0.6 is 11.6 Å². The molecule has 0 radical (unpaired) electrons. The molecule has 2 heterocycles. The number of aromatic nitrogens is 5. The van der Waals surface area contributed by atoms with Crippen molar-refractivity contribution in [3.8, 4) is 0 Å². The third-order valence-corrected chi connectivity index (χ3v) is 4.00. The average Bonchev–Trinajstić information content (AvgIpc) is 3.22. The molecule has 0 fully saturated rings. The first-order valence-electron chi connectivity index (χ1n) is 7.62. The number of aryl methyl sites for hydroxylation is 2. The fourth-order valence-corrected chi connectivity index (χ4v) is 2.67. The molecule has 0 saturated carbocycles. The topological polar surface area (TPSA) is 71.4 Å². The number of anilines is 2. The van der Waals surface area contributed by atoms with Crippen LogP contribution in [0.1, 0.15) is 5.82 Å². The minimum absolute atomic E-state index is 0.544. The Morgan fingerprint density at radius 3 is 2.79 bits per heavy atom. The monoisotopic (exact) mass is 338 g/mol. The number of fused-ring (bicyclic) bond motifs is 1. The molecule has 2 N–H and O–H groups in total. The first-order chi connectivity index (χ1) is 11.8. The van der Waals surface area contributed by atoms with Gasteiger partial charge in [-0.15, -0.1) is 5.10 Å². The van der Waals surface area contributed by atoms with Crippen molar-refractivity contribution in [2.45, 2.75) is 13.0 Å². The van der Waals surface area contributed by atoms with Gasteiger partial charge in [0, 0.05) is 23.7 Å². The largest absolute Gasteiger partial charge is 0.330 e. The highest BCUT2D eigenvalue weighted by atomic mass is 35.5. The summed E-state index contributed by atoms with van der Waals surface area (Å²) in [5.74, 6) is 1.37. The second-order valence-corrected chi connectivity index (χ2v) is 5.85. The minimum Gasteiger partial charge on any atom is -0.330 e. The van der Waals surface area contributed by atoms with Crippen LogP contribution in [-0.2, 0) is 13.0 Å². The average molecular weight is 339 g/mol. The minimum atomic E-state index is 0.544. The van der Waals surface area contributed by atoms with E-state index in [1.54, 1.807) is 0 Å². The van der Waals surface area contributed by atoms with Crippen molar-refractivity contribution in [1.82, 2.24) is 24.7 Å². The van der Waals surface area contributed by atoms with E-state index in [9.17, 15) is 0 Å². The summed E-state index contributed by atoms with van der Waals surface area (Å²) in [4.78, 5) is 8.86. The SMILES string of the molecule is Clc1ccc(Nc2n[nH]c(CCn3cnc4ccccc43)n2)cc1. The second-order valence-electron chi connectivity index (χ2n) is 5.41. The Morgan fingerprint density at radius 2 is 1.92 bits per heavy atom. The van der Waals surface area contributed by atoms with Crippen LogP contribution in [0.15, 0.2) is 54.9 Å². The maximum absolute atomic E-state index is 5.88. The van der Waals surface area contributed by atoms with Gasteiger partial charge in [0.2, 0.25) is 5.95 Å². The molecule has 2 aromatic carbocycles. The van der Waals surface area contributed by atoms with E-state index in [4.69, 9.17) is 11.6 Å². The number of nitrogens with zero attached hydrogens (tertiary/aromatic N) is 4. The zero-order valence-electron chi connectivity index (χ0n) is 12.8. The molecule has 4 rings (SSSR count). The van der Waals surface area contributed by atoms with Gasteiger partial charge in [-0.2, -0.15) is 4.98 Å². The fourth-order valence-electron chi connectivity index (χ4n) is 2.54. The standard InChI is InChI=1S/C17H15ClN6/c18-12-5-7-13(8-6-12)20-17-21-16(22-23-17)9-10-24-11-19-14-3-1-2-4-15(14)24/h1-8,11H,9-10H2,(H2,20,21,22,23). The number of aromatic amines is 1. The van der Waals surface area contributed by atoms with Crippen molar-refractivity contribution in [3.63, 3.8) is 0 Å². The van der Waals surface area contributed by atoms with E-state index in [1.165, 1.54) is 0 Å². The lowest BCUT2D eigenvalue weighted by atomic mass is 10.3. The Kier molecular flexibility index (Phi) is 3.88. The van der Waals surface area contributed by atoms with Crippen LogP contribution in [0.5, 0.6) is 0 Å². The van der Waals surface area contributed by atoms with Crippen LogP contribution in [0.2, 0.25) is 5.02 Å². The Bertz CT molecular complexity index is 957. The van der Waals surface area contributed by atoms with E-state index in [-0.39, 0.29) is 0 Å². The van der Waals surface area contributed by atoms with E-state index in [0.29, 0.717) is 11.0 Å². The molecule has 0 unspecified atom stereocenters. The number of halogens is 1. The fraction of sp³-hybridized carbons (Fsp3) is 0.118. The number of para-hydroxylation sites is 2. The molecule has 0 atom stereocenters. The molecule has 0 aliphatic carbocycles. The maximum Gasteiger partial charge on any atom is 0.246 e. The first-order valence-corrected chi connectivity index (χ1v) is 7.99. The molecule has 0 aliphatic rings. The highest BCUT2D eigenvalue weighted by Crippen LogP contribution is 2.17. The highest BCUT2D eigenvalue weighted by Gasteiger charge is 2.06.